The van der Waals surface area contributed by atoms with E-state index in [9.17, 15) is 9.59 Å². The molecule has 7 heteroatoms. The lowest BCUT2D eigenvalue weighted by Crippen LogP contribution is -2.29. The second-order valence-corrected chi connectivity index (χ2v) is 6.09. The number of aryl methyl sites for hydroxylation is 2. The topological polar surface area (TPSA) is 71.1 Å². The highest BCUT2D eigenvalue weighted by molar-refractivity contribution is 7.15. The number of aromatic nitrogens is 1. The van der Waals surface area contributed by atoms with Crippen LogP contribution >= 0.6 is 22.9 Å². The number of halogens is 1. The van der Waals surface area contributed by atoms with Crippen LogP contribution in [0, 0.1) is 20.8 Å². The van der Waals surface area contributed by atoms with Crippen molar-refractivity contribution < 1.29 is 9.59 Å². The average molecular weight is 324 g/mol. The Balaban J connectivity index is 2.06. The number of anilines is 2. The summed E-state index contributed by atoms with van der Waals surface area (Å²) in [6.07, 6.45) is 0. The number of hydrogen-bond acceptors (Lipinski definition) is 4. The van der Waals surface area contributed by atoms with Gasteiger partial charge in [-0.2, -0.15) is 0 Å². The molecule has 0 aliphatic carbocycles. The third-order valence-corrected chi connectivity index (χ3v) is 4.37. The molecule has 110 valence electrons. The van der Waals surface area contributed by atoms with Gasteiger partial charge in [0.2, 0.25) is 0 Å². The number of carbonyl (C=O) groups excluding carboxylic acids is 2. The summed E-state index contributed by atoms with van der Waals surface area (Å²) in [7, 11) is 0. The van der Waals surface area contributed by atoms with E-state index in [1.165, 1.54) is 11.3 Å². The van der Waals surface area contributed by atoms with E-state index in [1.54, 1.807) is 25.1 Å². The SMILES string of the molecule is Cc1nc(NC(=O)C(=O)Nc2cccc(Cl)c2C)sc1C. The predicted octanol–water partition coefficient (Wildman–Crippen LogP) is 3.30. The summed E-state index contributed by atoms with van der Waals surface area (Å²) in [4.78, 5) is 28.9. The summed E-state index contributed by atoms with van der Waals surface area (Å²) in [5.41, 5.74) is 2.05. The van der Waals surface area contributed by atoms with Crippen molar-refractivity contribution in [2.45, 2.75) is 20.8 Å². The first-order valence-corrected chi connectivity index (χ1v) is 7.39. The molecule has 2 N–H and O–H groups in total. The molecule has 0 radical (unpaired) electrons. The van der Waals surface area contributed by atoms with Crippen molar-refractivity contribution in [3.8, 4) is 0 Å². The van der Waals surface area contributed by atoms with Crippen LogP contribution in [0.1, 0.15) is 16.1 Å². The van der Waals surface area contributed by atoms with Crippen molar-refractivity contribution in [3.05, 3.63) is 39.4 Å². The van der Waals surface area contributed by atoms with Gasteiger partial charge in [0.15, 0.2) is 5.13 Å². The van der Waals surface area contributed by atoms with Crippen LogP contribution in [0.25, 0.3) is 0 Å². The Kier molecular flexibility index (Phi) is 4.59. The molecule has 2 amide bonds. The van der Waals surface area contributed by atoms with Crippen molar-refractivity contribution >= 4 is 45.6 Å². The van der Waals surface area contributed by atoms with Crippen LogP contribution < -0.4 is 10.6 Å². The highest BCUT2D eigenvalue weighted by atomic mass is 35.5. The van der Waals surface area contributed by atoms with Gasteiger partial charge in [0.25, 0.3) is 0 Å². The Morgan fingerprint density at radius 2 is 1.81 bits per heavy atom. The Bertz CT molecular complexity index is 693. The molecule has 0 fully saturated rings. The third kappa shape index (κ3) is 3.59. The summed E-state index contributed by atoms with van der Waals surface area (Å²) >= 11 is 7.29. The maximum Gasteiger partial charge on any atom is 0.315 e. The van der Waals surface area contributed by atoms with Crippen molar-refractivity contribution in [3.63, 3.8) is 0 Å². The number of nitrogens with one attached hydrogen (secondary N) is 2. The molecule has 2 aromatic rings. The molecule has 1 aromatic heterocycles. The lowest BCUT2D eigenvalue weighted by molar-refractivity contribution is -0.133. The number of amides is 2. The van der Waals surface area contributed by atoms with Crippen LogP contribution in [-0.4, -0.2) is 16.8 Å². The fraction of sp³-hybridized carbons (Fsp3) is 0.214. The van der Waals surface area contributed by atoms with E-state index in [2.05, 4.69) is 15.6 Å². The van der Waals surface area contributed by atoms with E-state index >= 15 is 0 Å². The number of rotatable bonds is 2. The molecule has 0 saturated heterocycles. The van der Waals surface area contributed by atoms with E-state index in [4.69, 9.17) is 11.6 Å². The molecule has 0 aliphatic rings. The molecule has 1 heterocycles. The normalized spacial score (nSPS) is 10.3. The van der Waals surface area contributed by atoms with Gasteiger partial charge in [0, 0.05) is 15.6 Å². The van der Waals surface area contributed by atoms with Crippen LogP contribution in [0.3, 0.4) is 0 Å². The molecule has 0 saturated carbocycles. The smallest absolute Gasteiger partial charge is 0.315 e. The van der Waals surface area contributed by atoms with E-state index < -0.39 is 11.8 Å². The highest BCUT2D eigenvalue weighted by Crippen LogP contribution is 2.23. The summed E-state index contributed by atoms with van der Waals surface area (Å²) in [6.45, 7) is 5.51. The second-order valence-electron chi connectivity index (χ2n) is 4.48. The van der Waals surface area contributed by atoms with E-state index in [0.717, 1.165) is 10.6 Å². The highest BCUT2D eigenvalue weighted by Gasteiger charge is 2.17. The maximum atomic E-state index is 11.9. The molecule has 21 heavy (non-hydrogen) atoms. The molecule has 0 atom stereocenters. The monoisotopic (exact) mass is 323 g/mol. The first-order chi connectivity index (χ1) is 9.88. The lowest BCUT2D eigenvalue weighted by Gasteiger charge is -2.08. The number of nitrogens with zero attached hydrogens (tertiary/aromatic N) is 1. The van der Waals surface area contributed by atoms with E-state index in [-0.39, 0.29) is 0 Å². The van der Waals surface area contributed by atoms with Gasteiger partial charge in [-0.15, -0.1) is 11.3 Å². The molecular formula is C14H14ClN3O2S. The van der Waals surface area contributed by atoms with Crippen LogP contribution in [0.2, 0.25) is 5.02 Å². The summed E-state index contributed by atoms with van der Waals surface area (Å²) in [5.74, 6) is -1.52. The van der Waals surface area contributed by atoms with Gasteiger partial charge >= 0.3 is 11.8 Å². The van der Waals surface area contributed by atoms with Crippen molar-refractivity contribution in [1.82, 2.24) is 4.98 Å². The third-order valence-electron chi connectivity index (χ3n) is 2.97. The zero-order chi connectivity index (χ0) is 15.6. The molecule has 0 unspecified atom stereocenters. The largest absolute Gasteiger partial charge is 0.317 e. The molecule has 0 spiro atoms. The predicted molar refractivity (Wildman–Crippen MR) is 85.0 cm³/mol. The molecular weight excluding hydrogens is 310 g/mol. The van der Waals surface area contributed by atoms with Crippen molar-refractivity contribution in [2.75, 3.05) is 10.6 Å². The average Bonchev–Trinajstić information content (AvgIpc) is 2.73. The molecule has 1 aromatic carbocycles. The summed E-state index contributed by atoms with van der Waals surface area (Å²) in [6, 6.07) is 5.11. The Labute approximate surface area is 131 Å². The first-order valence-electron chi connectivity index (χ1n) is 6.20. The van der Waals surface area contributed by atoms with E-state index in [0.29, 0.717) is 21.4 Å². The van der Waals surface area contributed by atoms with Gasteiger partial charge in [-0.05, 0) is 38.5 Å². The summed E-state index contributed by atoms with van der Waals surface area (Å²) < 4.78 is 0. The van der Waals surface area contributed by atoms with Gasteiger partial charge in [-0.3, -0.25) is 14.9 Å². The fourth-order valence-electron chi connectivity index (χ4n) is 1.60. The minimum absolute atomic E-state index is 0.410. The van der Waals surface area contributed by atoms with Crippen LogP contribution in [0.4, 0.5) is 10.8 Å². The van der Waals surface area contributed by atoms with E-state index in [1.807, 2.05) is 13.8 Å². The second kappa shape index (κ2) is 6.24. The van der Waals surface area contributed by atoms with Crippen molar-refractivity contribution in [2.24, 2.45) is 0 Å². The van der Waals surface area contributed by atoms with Gasteiger partial charge in [0.1, 0.15) is 0 Å². The molecule has 2 rings (SSSR count). The van der Waals surface area contributed by atoms with Crippen LogP contribution in [-0.2, 0) is 9.59 Å². The maximum absolute atomic E-state index is 11.9. The number of benzene rings is 1. The number of carbonyl (C=O) groups is 2. The van der Waals surface area contributed by atoms with Gasteiger partial charge < -0.3 is 5.32 Å². The molecule has 0 aliphatic heterocycles. The van der Waals surface area contributed by atoms with Crippen LogP contribution in [0.15, 0.2) is 18.2 Å². The van der Waals surface area contributed by atoms with Crippen LogP contribution in [0.5, 0.6) is 0 Å². The zero-order valence-corrected chi connectivity index (χ0v) is 13.4. The Morgan fingerprint density at radius 1 is 1.14 bits per heavy atom. The fourth-order valence-corrected chi connectivity index (χ4v) is 2.59. The van der Waals surface area contributed by atoms with Gasteiger partial charge in [-0.25, -0.2) is 4.98 Å². The molecule has 0 bridgehead atoms. The standard InChI is InChI=1S/C14H14ClN3O2S/c1-7-10(15)5-4-6-11(7)17-12(19)13(20)18-14-16-8(2)9(3)21-14/h4-6H,1-3H3,(H,17,19)(H,16,18,20). The lowest BCUT2D eigenvalue weighted by atomic mass is 10.2. The van der Waals surface area contributed by atoms with Crippen molar-refractivity contribution in [1.29, 1.82) is 0 Å². The quantitative estimate of drug-likeness (QED) is 0.833. The first kappa shape index (κ1) is 15.5. The zero-order valence-electron chi connectivity index (χ0n) is 11.8. The minimum atomic E-state index is -0.761. The molecule has 5 nitrogen and oxygen atoms in total. The number of thiazole rings is 1. The number of hydrogen-bond donors (Lipinski definition) is 2. The Morgan fingerprint density at radius 3 is 2.43 bits per heavy atom. The summed E-state index contributed by atoms with van der Waals surface area (Å²) in [5, 5.41) is 5.95. The Hall–Kier alpha value is -1.92. The van der Waals surface area contributed by atoms with Gasteiger partial charge in [0.05, 0.1) is 5.69 Å². The minimum Gasteiger partial charge on any atom is -0.317 e. The van der Waals surface area contributed by atoms with Gasteiger partial charge in [-0.1, -0.05) is 17.7 Å².